The summed E-state index contributed by atoms with van der Waals surface area (Å²) in [6.07, 6.45) is 0.453. The van der Waals surface area contributed by atoms with Crippen molar-refractivity contribution in [2.75, 3.05) is 20.3 Å². The van der Waals surface area contributed by atoms with Gasteiger partial charge in [-0.3, -0.25) is 4.79 Å². The quantitative estimate of drug-likeness (QED) is 0.511. The van der Waals surface area contributed by atoms with E-state index in [9.17, 15) is 4.79 Å². The molecule has 0 bridgehead atoms. The predicted octanol–water partition coefficient (Wildman–Crippen LogP) is 3.35. The molecule has 0 spiro atoms. The van der Waals surface area contributed by atoms with Crippen LogP contribution in [-0.4, -0.2) is 32.2 Å². The molecule has 5 heteroatoms. The fourth-order valence-electron chi connectivity index (χ4n) is 3.44. The van der Waals surface area contributed by atoms with Crippen LogP contribution in [0.1, 0.15) is 24.5 Å². The molecule has 4 atom stereocenters. The Hall–Kier alpha value is -0.726. The number of hydrogen-bond donors (Lipinski definition) is 0. The summed E-state index contributed by atoms with van der Waals surface area (Å²) in [6.45, 7) is 6.68. The topological polar surface area (TPSA) is 44.8 Å². The number of benzene rings is 1. The number of ether oxygens (including phenoxy) is 3. The SMILES string of the molecule is [CH2-]OCC#CC[C@H]1C(OC)C(C)C(=O)[C@@H]1COc1ccc(C)c(C)c1.[Y]. The molecule has 1 fully saturated rings. The van der Waals surface area contributed by atoms with Crippen LogP contribution in [0.2, 0.25) is 0 Å². The first-order chi connectivity index (χ1) is 12.0. The van der Waals surface area contributed by atoms with Crippen LogP contribution in [0.3, 0.4) is 0 Å². The zero-order valence-corrected chi connectivity index (χ0v) is 18.9. The van der Waals surface area contributed by atoms with E-state index < -0.39 is 0 Å². The minimum Gasteiger partial charge on any atom is -0.546 e. The monoisotopic (exact) mass is 432 g/mol. The van der Waals surface area contributed by atoms with Crippen molar-refractivity contribution in [1.82, 2.24) is 0 Å². The van der Waals surface area contributed by atoms with Crippen molar-refractivity contribution in [1.29, 1.82) is 0 Å². The van der Waals surface area contributed by atoms with Gasteiger partial charge in [-0.2, -0.15) is 0 Å². The normalized spacial score (nSPS) is 24.6. The molecular weight excluding hydrogens is 405 g/mol. The summed E-state index contributed by atoms with van der Waals surface area (Å²) in [5.74, 6) is 6.63. The number of aryl methyl sites for hydroxylation is 2. The molecule has 2 unspecified atom stereocenters. The number of Topliss-reactive ketones (excluding diaryl/α,β-unsaturated/α-hetero) is 1. The van der Waals surface area contributed by atoms with E-state index in [1.54, 1.807) is 7.11 Å². The zero-order valence-electron chi connectivity index (χ0n) is 16.1. The molecule has 1 aliphatic rings. The van der Waals surface area contributed by atoms with Gasteiger partial charge in [0.2, 0.25) is 0 Å². The maximum Gasteiger partial charge on any atom is 0.145 e. The Kier molecular flexibility index (Phi) is 10.0. The molecule has 1 saturated carbocycles. The largest absolute Gasteiger partial charge is 0.546 e. The Morgan fingerprint density at radius 3 is 2.54 bits per heavy atom. The van der Waals surface area contributed by atoms with Gasteiger partial charge in [-0.15, -0.1) is 5.92 Å². The summed E-state index contributed by atoms with van der Waals surface area (Å²) < 4.78 is 16.2. The third-order valence-corrected chi connectivity index (χ3v) is 5.06. The number of ketones is 1. The Bertz CT molecular complexity index is 662. The molecule has 1 aliphatic carbocycles. The molecule has 2 rings (SSSR count). The van der Waals surface area contributed by atoms with Gasteiger partial charge in [0, 0.05) is 58.1 Å². The van der Waals surface area contributed by atoms with Gasteiger partial charge in [-0.1, -0.05) is 18.9 Å². The van der Waals surface area contributed by atoms with Crippen molar-refractivity contribution < 1.29 is 51.7 Å². The first kappa shape index (κ1) is 23.3. The van der Waals surface area contributed by atoms with Gasteiger partial charge in [0.15, 0.2) is 0 Å². The standard InChI is InChI=1S/C21H27O4.Y/c1-14-9-10-17(12-15(14)2)25-13-19-18(8-6-7-11-23-4)21(24-5)16(3)20(19)22;/h9-10,12,16,18-19,21H,4,8,11,13H2,1-3,5H3;/q-1;/t16?,18-,19-,21?;/m1./s1. The van der Waals surface area contributed by atoms with Gasteiger partial charge in [0.25, 0.3) is 0 Å². The Morgan fingerprint density at radius 2 is 1.92 bits per heavy atom. The first-order valence-corrected chi connectivity index (χ1v) is 8.58. The van der Waals surface area contributed by atoms with Crippen LogP contribution in [0.4, 0.5) is 0 Å². The van der Waals surface area contributed by atoms with Crippen molar-refractivity contribution in [3.05, 3.63) is 36.4 Å². The van der Waals surface area contributed by atoms with Crippen LogP contribution < -0.4 is 4.74 Å². The van der Waals surface area contributed by atoms with Crippen molar-refractivity contribution in [3.8, 4) is 17.6 Å². The minimum absolute atomic E-state index is 0. The van der Waals surface area contributed by atoms with E-state index in [4.69, 9.17) is 14.2 Å². The van der Waals surface area contributed by atoms with Crippen LogP contribution in [0.25, 0.3) is 0 Å². The summed E-state index contributed by atoms with van der Waals surface area (Å²) in [5.41, 5.74) is 2.40. The van der Waals surface area contributed by atoms with Crippen LogP contribution >= 0.6 is 0 Å². The second kappa shape index (κ2) is 11.2. The van der Waals surface area contributed by atoms with Crippen LogP contribution in [0, 0.1) is 50.6 Å². The van der Waals surface area contributed by atoms with Crippen molar-refractivity contribution in [2.45, 2.75) is 33.3 Å². The molecule has 1 aromatic carbocycles. The summed E-state index contributed by atoms with van der Waals surface area (Å²) in [6, 6.07) is 5.98. The number of rotatable bonds is 6. The molecule has 4 nitrogen and oxygen atoms in total. The van der Waals surface area contributed by atoms with Crippen molar-refractivity contribution >= 4 is 5.78 Å². The molecule has 1 aromatic rings. The van der Waals surface area contributed by atoms with Gasteiger partial charge >= 0.3 is 0 Å². The summed E-state index contributed by atoms with van der Waals surface area (Å²) >= 11 is 0. The summed E-state index contributed by atoms with van der Waals surface area (Å²) in [4.78, 5) is 12.7. The molecule has 0 aromatic heterocycles. The second-order valence-electron chi connectivity index (χ2n) is 6.62. The molecule has 0 aliphatic heterocycles. The third kappa shape index (κ3) is 5.63. The van der Waals surface area contributed by atoms with E-state index in [0.29, 0.717) is 13.0 Å². The van der Waals surface area contributed by atoms with E-state index in [2.05, 4.69) is 32.8 Å². The summed E-state index contributed by atoms with van der Waals surface area (Å²) in [5, 5.41) is 0. The molecular formula is C21H27O4Y-. The number of carbonyl (C=O) groups excluding carboxylic acids is 1. The molecule has 26 heavy (non-hydrogen) atoms. The average molecular weight is 432 g/mol. The predicted molar refractivity (Wildman–Crippen MR) is 97.1 cm³/mol. The van der Waals surface area contributed by atoms with Crippen LogP contribution in [0.5, 0.6) is 5.75 Å². The Morgan fingerprint density at radius 1 is 1.19 bits per heavy atom. The van der Waals surface area contributed by atoms with E-state index in [-0.39, 0.29) is 69.0 Å². The van der Waals surface area contributed by atoms with Crippen LogP contribution in [-0.2, 0) is 47.0 Å². The van der Waals surface area contributed by atoms with Gasteiger partial charge < -0.3 is 14.2 Å². The minimum atomic E-state index is -0.212. The molecule has 139 valence electrons. The number of carbonyl (C=O) groups is 1. The molecule has 1 radical (unpaired) electrons. The van der Waals surface area contributed by atoms with Gasteiger partial charge in [0.1, 0.15) is 11.5 Å². The Labute approximate surface area is 182 Å². The van der Waals surface area contributed by atoms with E-state index >= 15 is 0 Å². The average Bonchev–Trinajstić information content (AvgIpc) is 2.83. The number of hydrogen-bond acceptors (Lipinski definition) is 4. The first-order valence-electron chi connectivity index (χ1n) is 8.58. The summed E-state index contributed by atoms with van der Waals surface area (Å²) in [7, 11) is 4.95. The van der Waals surface area contributed by atoms with E-state index in [1.807, 2.05) is 25.1 Å². The van der Waals surface area contributed by atoms with Crippen molar-refractivity contribution in [3.63, 3.8) is 0 Å². The fraction of sp³-hybridized carbons (Fsp3) is 0.524. The zero-order chi connectivity index (χ0) is 18.4. The van der Waals surface area contributed by atoms with Gasteiger partial charge in [-0.05, 0) is 37.1 Å². The Balaban J connectivity index is 0.00000338. The van der Waals surface area contributed by atoms with Gasteiger partial charge in [0.05, 0.1) is 25.2 Å². The second-order valence-corrected chi connectivity index (χ2v) is 6.62. The van der Waals surface area contributed by atoms with E-state index in [1.165, 1.54) is 11.1 Å². The molecule has 0 saturated heterocycles. The molecule has 0 heterocycles. The number of methoxy groups -OCH3 is 1. The smallest absolute Gasteiger partial charge is 0.145 e. The molecule has 0 N–H and O–H groups in total. The molecule has 0 amide bonds. The van der Waals surface area contributed by atoms with Crippen LogP contribution in [0.15, 0.2) is 18.2 Å². The van der Waals surface area contributed by atoms with Crippen molar-refractivity contribution in [2.24, 2.45) is 17.8 Å². The maximum atomic E-state index is 12.7. The fourth-order valence-corrected chi connectivity index (χ4v) is 3.44. The van der Waals surface area contributed by atoms with E-state index in [0.717, 1.165) is 5.75 Å². The third-order valence-electron chi connectivity index (χ3n) is 5.06. The van der Waals surface area contributed by atoms with Gasteiger partial charge in [-0.25, -0.2) is 7.11 Å². The maximum absolute atomic E-state index is 12.7.